The summed E-state index contributed by atoms with van der Waals surface area (Å²) in [4.78, 5) is 6.06. The zero-order valence-corrected chi connectivity index (χ0v) is 16.1. The summed E-state index contributed by atoms with van der Waals surface area (Å²) in [6.07, 6.45) is 11.1. The molecule has 27 heavy (non-hydrogen) atoms. The Kier molecular flexibility index (Phi) is 6.22. The minimum atomic E-state index is -0.264. The van der Waals surface area contributed by atoms with Crippen LogP contribution in [0.5, 0.6) is 0 Å². The molecule has 0 bridgehead atoms. The van der Waals surface area contributed by atoms with Gasteiger partial charge in [0.25, 0.3) is 0 Å². The molecular weight excluding hydrogens is 339 g/mol. The molecule has 0 spiro atoms. The lowest BCUT2D eigenvalue weighted by molar-refractivity contribution is 0.341. The van der Waals surface area contributed by atoms with Crippen LogP contribution >= 0.6 is 0 Å². The second-order valence-electron chi connectivity index (χ2n) is 6.85. The first-order chi connectivity index (χ1) is 13.1. The number of aliphatic imine (C=N–C) groups is 1. The van der Waals surface area contributed by atoms with Crippen molar-refractivity contribution in [2.45, 2.75) is 32.7 Å². The highest BCUT2D eigenvalue weighted by atomic mass is 19.1. The van der Waals surface area contributed by atoms with Gasteiger partial charge in [0.15, 0.2) is 0 Å². The number of hydrogen-bond donors (Lipinski definition) is 1. The summed E-state index contributed by atoms with van der Waals surface area (Å²) in [6, 6.07) is 7.19. The molecule has 1 saturated heterocycles. The number of rotatable bonds is 4. The Morgan fingerprint density at radius 1 is 1.22 bits per heavy atom. The third-order valence-electron chi connectivity index (χ3n) is 5.07. The number of halogens is 1. The second-order valence-corrected chi connectivity index (χ2v) is 6.85. The molecule has 1 aliphatic rings. The summed E-state index contributed by atoms with van der Waals surface area (Å²) in [5.41, 5.74) is 1.27. The van der Waals surface area contributed by atoms with Crippen molar-refractivity contribution in [3.8, 4) is 0 Å². The van der Waals surface area contributed by atoms with Gasteiger partial charge in [0.1, 0.15) is 11.7 Å². The highest BCUT2D eigenvalue weighted by Gasteiger charge is 2.16. The maximum Gasteiger partial charge on any atom is 0.128 e. The molecule has 4 nitrogen and oxygen atoms in total. The number of piperidine rings is 1. The van der Waals surface area contributed by atoms with Crippen LogP contribution in [0.15, 0.2) is 35.5 Å². The summed E-state index contributed by atoms with van der Waals surface area (Å²) in [7, 11) is 1.73. The van der Waals surface area contributed by atoms with E-state index in [1.165, 1.54) is 12.5 Å². The summed E-state index contributed by atoms with van der Waals surface area (Å²) >= 11 is 0. The molecule has 0 radical (unpaired) electrons. The van der Waals surface area contributed by atoms with E-state index in [2.05, 4.69) is 4.99 Å². The number of hydrogen-bond acceptors (Lipinski definition) is 2. The molecule has 2 aromatic rings. The highest BCUT2D eigenvalue weighted by Crippen LogP contribution is 2.16. The number of nitrogens with zero attached hydrogens (tertiary/aromatic N) is 3. The van der Waals surface area contributed by atoms with Gasteiger partial charge in [-0.3, -0.25) is 10.4 Å². The zero-order chi connectivity index (χ0) is 19.2. The summed E-state index contributed by atoms with van der Waals surface area (Å²) < 4.78 is 16.8. The lowest BCUT2D eigenvalue weighted by Gasteiger charge is -2.29. The van der Waals surface area contributed by atoms with E-state index in [9.17, 15) is 4.39 Å². The smallest absolute Gasteiger partial charge is 0.128 e. The van der Waals surface area contributed by atoms with Gasteiger partial charge < -0.3 is 9.47 Å². The molecule has 1 aromatic carbocycles. The maximum absolute atomic E-state index is 14.8. The van der Waals surface area contributed by atoms with Crippen molar-refractivity contribution < 1.29 is 4.39 Å². The number of benzene rings is 1. The Labute approximate surface area is 159 Å². The third-order valence-corrected chi connectivity index (χ3v) is 5.07. The zero-order valence-electron chi connectivity index (χ0n) is 16.1. The monoisotopic (exact) mass is 366 g/mol. The van der Waals surface area contributed by atoms with Crippen LogP contribution in [-0.4, -0.2) is 41.7 Å². The van der Waals surface area contributed by atoms with Crippen LogP contribution in [-0.2, 0) is 6.54 Å². The van der Waals surface area contributed by atoms with Gasteiger partial charge in [0.05, 0.1) is 6.54 Å². The van der Waals surface area contributed by atoms with Crippen molar-refractivity contribution in [3.63, 3.8) is 0 Å². The van der Waals surface area contributed by atoms with Crippen molar-refractivity contribution in [1.29, 1.82) is 5.41 Å². The van der Waals surface area contributed by atoms with Gasteiger partial charge in [-0.2, -0.15) is 0 Å². The fourth-order valence-electron chi connectivity index (χ4n) is 3.53. The van der Waals surface area contributed by atoms with E-state index >= 15 is 0 Å². The predicted molar refractivity (Wildman–Crippen MR) is 110 cm³/mol. The van der Waals surface area contributed by atoms with E-state index in [1.54, 1.807) is 19.3 Å². The summed E-state index contributed by atoms with van der Waals surface area (Å²) in [5, 5.41) is 10.5. The molecule has 3 rings (SSSR count). The van der Waals surface area contributed by atoms with Crippen LogP contribution in [0.2, 0.25) is 0 Å². The van der Waals surface area contributed by atoms with Crippen LogP contribution in [0.3, 0.4) is 0 Å². The topological polar surface area (TPSA) is 44.4 Å². The SMILES string of the molecule is C/C=c1/ccn(Cc2ccc(C(=N)N3CCCCC3)cc2F)/c1=C/C=N/C. The molecular formula is C22H27FN4. The number of nitrogens with one attached hydrogen (secondary N) is 1. The third kappa shape index (κ3) is 4.35. The molecule has 1 aromatic heterocycles. The first kappa shape index (κ1) is 19.1. The van der Waals surface area contributed by atoms with Crippen LogP contribution < -0.4 is 10.6 Å². The van der Waals surface area contributed by atoms with Gasteiger partial charge in [-0.05, 0) is 49.6 Å². The van der Waals surface area contributed by atoms with Gasteiger partial charge in [0.2, 0.25) is 0 Å². The van der Waals surface area contributed by atoms with E-state index in [1.807, 2.05) is 46.9 Å². The number of aromatic nitrogens is 1. The molecule has 0 amide bonds. The van der Waals surface area contributed by atoms with Crippen molar-refractivity contribution in [2.75, 3.05) is 20.1 Å². The Bertz CT molecular complexity index is 949. The van der Waals surface area contributed by atoms with Gasteiger partial charge in [-0.25, -0.2) is 4.39 Å². The van der Waals surface area contributed by atoms with Crippen molar-refractivity contribution in [3.05, 3.63) is 58.0 Å². The van der Waals surface area contributed by atoms with E-state index in [4.69, 9.17) is 5.41 Å². The molecule has 0 unspecified atom stereocenters. The van der Waals surface area contributed by atoms with Crippen molar-refractivity contribution in [1.82, 2.24) is 9.47 Å². The van der Waals surface area contributed by atoms with E-state index in [-0.39, 0.29) is 5.82 Å². The molecule has 5 heteroatoms. The van der Waals surface area contributed by atoms with E-state index in [0.29, 0.717) is 23.5 Å². The lowest BCUT2D eigenvalue weighted by Crippen LogP contribution is -2.35. The first-order valence-electron chi connectivity index (χ1n) is 9.50. The molecule has 0 aliphatic carbocycles. The lowest BCUT2D eigenvalue weighted by atomic mass is 10.1. The fraction of sp³-hybridized carbons (Fsp3) is 0.364. The average Bonchev–Trinajstić information content (AvgIpc) is 3.09. The summed E-state index contributed by atoms with van der Waals surface area (Å²) in [6.45, 7) is 4.21. The maximum atomic E-state index is 14.8. The minimum Gasteiger partial charge on any atom is -0.357 e. The largest absolute Gasteiger partial charge is 0.357 e. The van der Waals surface area contributed by atoms with E-state index in [0.717, 1.165) is 36.5 Å². The molecule has 142 valence electrons. The van der Waals surface area contributed by atoms with Crippen molar-refractivity contribution >= 4 is 24.2 Å². The Morgan fingerprint density at radius 3 is 2.67 bits per heavy atom. The predicted octanol–water partition coefficient (Wildman–Crippen LogP) is 2.77. The highest BCUT2D eigenvalue weighted by molar-refractivity contribution is 5.96. The molecule has 1 N–H and O–H groups in total. The van der Waals surface area contributed by atoms with Gasteiger partial charge in [-0.15, -0.1) is 0 Å². The molecule has 1 aliphatic heterocycles. The quantitative estimate of drug-likeness (QED) is 0.656. The van der Waals surface area contributed by atoms with Gasteiger partial charge in [-0.1, -0.05) is 18.2 Å². The average molecular weight is 366 g/mol. The number of likely N-dealkylation sites (tertiary alicyclic amines) is 1. The number of amidine groups is 1. The molecule has 1 fully saturated rings. The molecule has 0 atom stereocenters. The second kappa shape index (κ2) is 8.80. The van der Waals surface area contributed by atoms with Crippen LogP contribution in [0.25, 0.3) is 12.2 Å². The molecule has 0 saturated carbocycles. The van der Waals surface area contributed by atoms with Gasteiger partial charge in [0, 0.05) is 49.0 Å². The van der Waals surface area contributed by atoms with E-state index < -0.39 is 0 Å². The minimum absolute atomic E-state index is 0.264. The Hall–Kier alpha value is -2.69. The standard InChI is InChI=1S/C22H27FN4/c1-3-17-10-14-27(21(17)9-11-25-2)16-19-8-7-18(15-20(19)23)22(24)26-12-5-4-6-13-26/h3,7-11,14-15,24H,4-6,12-13,16H2,1-2H3/b17-3-,21-9+,24-22?,25-11+. The summed E-state index contributed by atoms with van der Waals surface area (Å²) in [5.74, 6) is 0.164. The van der Waals surface area contributed by atoms with Crippen LogP contribution in [0.1, 0.15) is 37.3 Å². The Balaban J connectivity index is 1.85. The normalized spacial score (nSPS) is 16.5. The van der Waals surface area contributed by atoms with Crippen molar-refractivity contribution in [2.24, 2.45) is 4.99 Å². The molecule has 2 heterocycles. The first-order valence-corrected chi connectivity index (χ1v) is 9.50. The van der Waals surface area contributed by atoms with Crippen LogP contribution in [0.4, 0.5) is 4.39 Å². The van der Waals surface area contributed by atoms with Crippen LogP contribution in [0, 0.1) is 11.2 Å². The fourth-order valence-corrected chi connectivity index (χ4v) is 3.53. The van der Waals surface area contributed by atoms with Gasteiger partial charge >= 0.3 is 0 Å². The Morgan fingerprint density at radius 2 is 2.00 bits per heavy atom.